The van der Waals surface area contributed by atoms with Crippen LogP contribution < -0.4 is 0 Å². The summed E-state index contributed by atoms with van der Waals surface area (Å²) in [5.41, 5.74) is 0.435. The number of carboxylic acids is 1. The van der Waals surface area contributed by atoms with Gasteiger partial charge in [0.25, 0.3) is 5.91 Å². The number of carboxylic acid groups (broad SMARTS) is 1. The molecule has 1 fully saturated rings. The van der Waals surface area contributed by atoms with Gasteiger partial charge in [-0.05, 0) is 42.5 Å². The van der Waals surface area contributed by atoms with Crippen molar-refractivity contribution in [3.05, 3.63) is 35.4 Å². The molecule has 0 aliphatic carbocycles. The number of amides is 1. The Hall–Kier alpha value is -2.35. The van der Waals surface area contributed by atoms with Gasteiger partial charge in [0.1, 0.15) is 6.04 Å². The summed E-state index contributed by atoms with van der Waals surface area (Å²) in [6.07, 6.45) is 1.57. The van der Waals surface area contributed by atoms with E-state index in [1.54, 1.807) is 24.3 Å². The monoisotopic (exact) mass is 286 g/mol. The van der Waals surface area contributed by atoms with Gasteiger partial charge in [0.15, 0.2) is 0 Å². The van der Waals surface area contributed by atoms with E-state index in [1.807, 2.05) is 19.9 Å². The molecular formula is C16H18N2O3. The van der Waals surface area contributed by atoms with Crippen molar-refractivity contribution in [3.8, 4) is 6.07 Å². The van der Waals surface area contributed by atoms with Gasteiger partial charge < -0.3 is 10.0 Å². The third-order valence-electron chi connectivity index (χ3n) is 4.03. The van der Waals surface area contributed by atoms with Gasteiger partial charge >= 0.3 is 5.97 Å². The lowest BCUT2D eigenvalue weighted by atomic mass is 9.76. The number of nitriles is 1. The Morgan fingerprint density at radius 1 is 1.33 bits per heavy atom. The molecule has 1 heterocycles. The van der Waals surface area contributed by atoms with Crippen molar-refractivity contribution < 1.29 is 14.7 Å². The number of nitrogens with zero attached hydrogens (tertiary/aromatic N) is 2. The van der Waals surface area contributed by atoms with E-state index in [1.165, 1.54) is 4.90 Å². The molecule has 2 rings (SSSR count). The van der Waals surface area contributed by atoms with Crippen LogP contribution >= 0.6 is 0 Å². The topological polar surface area (TPSA) is 81.4 Å². The SMILES string of the molecule is CC1(C)CCCN(C(=O)c2ccc(C#N)cc2)C1C(=O)O. The maximum atomic E-state index is 12.6. The predicted octanol–water partition coefficient (Wildman–Crippen LogP) is 2.27. The van der Waals surface area contributed by atoms with Crippen LogP contribution in [0.5, 0.6) is 0 Å². The zero-order valence-electron chi connectivity index (χ0n) is 12.2. The van der Waals surface area contributed by atoms with Gasteiger partial charge in [-0.2, -0.15) is 5.26 Å². The lowest BCUT2D eigenvalue weighted by molar-refractivity contribution is -0.148. The molecule has 0 saturated carbocycles. The van der Waals surface area contributed by atoms with E-state index in [2.05, 4.69) is 0 Å². The van der Waals surface area contributed by atoms with Crippen molar-refractivity contribution in [2.45, 2.75) is 32.7 Å². The summed E-state index contributed by atoms with van der Waals surface area (Å²) in [5.74, 6) is -1.26. The molecule has 1 amide bonds. The molecule has 5 heteroatoms. The molecule has 1 unspecified atom stereocenters. The van der Waals surface area contributed by atoms with Gasteiger partial charge in [-0.3, -0.25) is 4.79 Å². The fraction of sp³-hybridized carbons (Fsp3) is 0.438. The van der Waals surface area contributed by atoms with E-state index in [4.69, 9.17) is 5.26 Å². The molecule has 1 aliphatic rings. The van der Waals surface area contributed by atoms with E-state index >= 15 is 0 Å². The van der Waals surface area contributed by atoms with Crippen molar-refractivity contribution in [2.75, 3.05) is 6.54 Å². The van der Waals surface area contributed by atoms with Crippen LogP contribution in [0.2, 0.25) is 0 Å². The van der Waals surface area contributed by atoms with E-state index < -0.39 is 17.4 Å². The Labute approximate surface area is 123 Å². The van der Waals surface area contributed by atoms with Gasteiger partial charge in [0.2, 0.25) is 0 Å². The summed E-state index contributed by atoms with van der Waals surface area (Å²) in [7, 11) is 0. The molecule has 0 radical (unpaired) electrons. The van der Waals surface area contributed by atoms with Crippen molar-refractivity contribution >= 4 is 11.9 Å². The molecule has 5 nitrogen and oxygen atoms in total. The van der Waals surface area contributed by atoms with Crippen LogP contribution in [-0.4, -0.2) is 34.5 Å². The fourth-order valence-corrected chi connectivity index (χ4v) is 2.93. The minimum Gasteiger partial charge on any atom is -0.480 e. The Morgan fingerprint density at radius 2 is 1.95 bits per heavy atom. The zero-order valence-corrected chi connectivity index (χ0v) is 12.2. The molecule has 110 valence electrons. The third kappa shape index (κ3) is 2.89. The molecule has 0 bridgehead atoms. The van der Waals surface area contributed by atoms with Crippen LogP contribution in [-0.2, 0) is 4.79 Å². The lowest BCUT2D eigenvalue weighted by Gasteiger charge is -2.44. The second-order valence-electron chi connectivity index (χ2n) is 6.02. The van der Waals surface area contributed by atoms with Crippen molar-refractivity contribution in [2.24, 2.45) is 5.41 Å². The fourth-order valence-electron chi connectivity index (χ4n) is 2.93. The lowest BCUT2D eigenvalue weighted by Crippen LogP contribution is -2.56. The van der Waals surface area contributed by atoms with Crippen LogP contribution in [0.25, 0.3) is 0 Å². The van der Waals surface area contributed by atoms with Gasteiger partial charge in [-0.25, -0.2) is 4.79 Å². The smallest absolute Gasteiger partial charge is 0.326 e. The van der Waals surface area contributed by atoms with Crippen LogP contribution in [0.1, 0.15) is 42.6 Å². The zero-order chi connectivity index (χ0) is 15.6. The van der Waals surface area contributed by atoms with Gasteiger partial charge in [-0.1, -0.05) is 13.8 Å². The highest BCUT2D eigenvalue weighted by Crippen LogP contribution is 2.36. The molecule has 1 saturated heterocycles. The number of rotatable bonds is 2. The average Bonchev–Trinajstić information content (AvgIpc) is 2.45. The van der Waals surface area contributed by atoms with Crippen molar-refractivity contribution in [3.63, 3.8) is 0 Å². The van der Waals surface area contributed by atoms with E-state index in [9.17, 15) is 14.7 Å². The largest absolute Gasteiger partial charge is 0.480 e. The number of likely N-dealkylation sites (tertiary alicyclic amines) is 1. The normalized spacial score (nSPS) is 20.6. The summed E-state index contributed by atoms with van der Waals surface area (Å²) in [6.45, 7) is 4.20. The summed E-state index contributed by atoms with van der Waals surface area (Å²) >= 11 is 0. The number of carbonyl (C=O) groups is 2. The molecule has 1 aromatic carbocycles. The number of benzene rings is 1. The molecular weight excluding hydrogens is 268 g/mol. The summed E-state index contributed by atoms with van der Waals surface area (Å²) in [4.78, 5) is 25.6. The number of hydrogen-bond acceptors (Lipinski definition) is 3. The molecule has 1 aromatic rings. The molecule has 1 aliphatic heterocycles. The maximum absolute atomic E-state index is 12.6. The second-order valence-corrected chi connectivity index (χ2v) is 6.02. The van der Waals surface area contributed by atoms with E-state index in [-0.39, 0.29) is 5.91 Å². The van der Waals surface area contributed by atoms with Gasteiger partial charge in [0.05, 0.1) is 11.6 Å². The Morgan fingerprint density at radius 3 is 2.48 bits per heavy atom. The Bertz CT molecular complexity index is 599. The number of piperidine rings is 1. The Balaban J connectivity index is 2.31. The molecule has 1 N–H and O–H groups in total. The highest BCUT2D eigenvalue weighted by atomic mass is 16.4. The average molecular weight is 286 g/mol. The summed E-state index contributed by atoms with van der Waals surface area (Å²) in [5, 5.41) is 18.3. The number of hydrogen-bond donors (Lipinski definition) is 1. The predicted molar refractivity (Wildman–Crippen MR) is 76.6 cm³/mol. The first kappa shape index (κ1) is 15.0. The maximum Gasteiger partial charge on any atom is 0.326 e. The van der Waals surface area contributed by atoms with Crippen LogP contribution in [0.15, 0.2) is 24.3 Å². The number of carbonyl (C=O) groups excluding carboxylic acids is 1. The number of aliphatic carboxylic acids is 1. The minimum absolute atomic E-state index is 0.292. The first-order chi connectivity index (χ1) is 9.86. The quantitative estimate of drug-likeness (QED) is 0.904. The van der Waals surface area contributed by atoms with Crippen molar-refractivity contribution in [1.29, 1.82) is 5.26 Å². The third-order valence-corrected chi connectivity index (χ3v) is 4.03. The molecule has 21 heavy (non-hydrogen) atoms. The van der Waals surface area contributed by atoms with Gasteiger partial charge in [0, 0.05) is 12.1 Å². The van der Waals surface area contributed by atoms with Crippen molar-refractivity contribution in [1.82, 2.24) is 4.90 Å². The first-order valence-electron chi connectivity index (χ1n) is 6.91. The first-order valence-corrected chi connectivity index (χ1v) is 6.91. The van der Waals surface area contributed by atoms with E-state index in [0.717, 1.165) is 12.8 Å². The minimum atomic E-state index is -0.971. The molecule has 0 aromatic heterocycles. The highest BCUT2D eigenvalue weighted by Gasteiger charge is 2.44. The van der Waals surface area contributed by atoms with Gasteiger partial charge in [-0.15, -0.1) is 0 Å². The van der Waals surface area contributed by atoms with Crippen LogP contribution in [0.3, 0.4) is 0 Å². The Kier molecular flexibility index (Phi) is 3.99. The highest BCUT2D eigenvalue weighted by molar-refractivity contribution is 5.97. The van der Waals surface area contributed by atoms with Crippen LogP contribution in [0, 0.1) is 16.7 Å². The summed E-state index contributed by atoms with van der Waals surface area (Å²) in [6, 6.07) is 7.45. The molecule has 0 spiro atoms. The summed E-state index contributed by atoms with van der Waals surface area (Å²) < 4.78 is 0. The second kappa shape index (κ2) is 5.57. The standard InChI is InChI=1S/C16H18N2O3/c1-16(2)8-3-9-18(13(16)15(20)21)14(19)12-6-4-11(10-17)5-7-12/h4-7,13H,3,8-9H2,1-2H3,(H,20,21). The van der Waals surface area contributed by atoms with Crippen LogP contribution in [0.4, 0.5) is 0 Å². The molecule has 1 atom stereocenters. The van der Waals surface area contributed by atoms with E-state index in [0.29, 0.717) is 17.7 Å².